The maximum Gasteiger partial charge on any atom is 0.0986 e. The van der Waals surface area contributed by atoms with E-state index in [2.05, 4.69) is 12.2 Å². The normalized spacial score (nSPS) is 35.2. The Morgan fingerprint density at radius 1 is 1.33 bits per heavy atom. The van der Waals surface area contributed by atoms with Crippen molar-refractivity contribution in [1.29, 1.82) is 0 Å². The fraction of sp³-hybridized carbons (Fsp3) is 1.00. The van der Waals surface area contributed by atoms with Crippen molar-refractivity contribution in [2.24, 2.45) is 5.92 Å². The molecule has 0 spiro atoms. The highest BCUT2D eigenvalue weighted by Crippen LogP contribution is 2.33. The molecule has 0 aliphatic heterocycles. The van der Waals surface area contributed by atoms with E-state index < -0.39 is 0 Å². The van der Waals surface area contributed by atoms with E-state index in [4.69, 9.17) is 9.47 Å². The van der Waals surface area contributed by atoms with Crippen LogP contribution < -0.4 is 5.32 Å². The maximum atomic E-state index is 5.84. The Bertz CT molecular complexity index is 194. The van der Waals surface area contributed by atoms with E-state index in [1.54, 1.807) is 7.11 Å². The van der Waals surface area contributed by atoms with Crippen LogP contribution in [0.25, 0.3) is 0 Å². The summed E-state index contributed by atoms with van der Waals surface area (Å²) >= 11 is 0. The van der Waals surface area contributed by atoms with Crippen LogP contribution in [0.2, 0.25) is 0 Å². The minimum Gasteiger partial charge on any atom is -0.377 e. The van der Waals surface area contributed by atoms with E-state index in [1.165, 1.54) is 19.3 Å². The van der Waals surface area contributed by atoms with Crippen LogP contribution in [0.15, 0.2) is 0 Å². The molecule has 0 bridgehead atoms. The molecule has 0 radical (unpaired) electrons. The van der Waals surface area contributed by atoms with Gasteiger partial charge >= 0.3 is 0 Å². The van der Waals surface area contributed by atoms with Gasteiger partial charge in [0.05, 0.1) is 12.2 Å². The van der Waals surface area contributed by atoms with Gasteiger partial charge < -0.3 is 14.8 Å². The zero-order valence-electron chi connectivity index (χ0n) is 9.87. The van der Waals surface area contributed by atoms with Crippen LogP contribution in [0.4, 0.5) is 0 Å². The summed E-state index contributed by atoms with van der Waals surface area (Å²) in [7, 11) is 1.78. The molecule has 2 aliphatic rings. The van der Waals surface area contributed by atoms with Crippen molar-refractivity contribution in [3.05, 3.63) is 0 Å². The largest absolute Gasteiger partial charge is 0.377 e. The smallest absolute Gasteiger partial charge is 0.0986 e. The molecule has 2 aliphatic carbocycles. The van der Waals surface area contributed by atoms with Gasteiger partial charge in [-0.1, -0.05) is 19.8 Å². The van der Waals surface area contributed by atoms with Gasteiger partial charge in [0.25, 0.3) is 0 Å². The molecule has 0 aromatic rings. The SMILES string of the molecule is CCNC1CC(OCCC2CC2)C1OC. The van der Waals surface area contributed by atoms with Crippen LogP contribution in [0.5, 0.6) is 0 Å². The molecule has 2 saturated carbocycles. The van der Waals surface area contributed by atoms with E-state index in [9.17, 15) is 0 Å². The zero-order valence-corrected chi connectivity index (χ0v) is 9.87. The van der Waals surface area contributed by atoms with E-state index in [0.29, 0.717) is 12.1 Å². The van der Waals surface area contributed by atoms with Gasteiger partial charge in [0.1, 0.15) is 0 Å². The number of methoxy groups -OCH3 is 1. The van der Waals surface area contributed by atoms with Crippen molar-refractivity contribution >= 4 is 0 Å². The lowest BCUT2D eigenvalue weighted by molar-refractivity contribution is -0.134. The monoisotopic (exact) mass is 213 g/mol. The molecule has 1 N–H and O–H groups in total. The molecule has 0 saturated heterocycles. The summed E-state index contributed by atoms with van der Waals surface area (Å²) in [5, 5.41) is 3.42. The highest BCUT2D eigenvalue weighted by atomic mass is 16.5. The average Bonchev–Trinajstić information content (AvgIpc) is 2.99. The Labute approximate surface area is 92.5 Å². The van der Waals surface area contributed by atoms with Crippen molar-refractivity contribution < 1.29 is 9.47 Å². The average molecular weight is 213 g/mol. The van der Waals surface area contributed by atoms with Crippen molar-refractivity contribution in [2.75, 3.05) is 20.3 Å². The van der Waals surface area contributed by atoms with Crippen LogP contribution in [-0.4, -0.2) is 38.5 Å². The first-order valence-electron chi connectivity index (χ1n) is 6.23. The number of likely N-dealkylation sites (N-methyl/N-ethyl adjacent to an activating group) is 1. The van der Waals surface area contributed by atoms with Crippen molar-refractivity contribution in [2.45, 2.75) is 50.9 Å². The Morgan fingerprint density at radius 3 is 2.73 bits per heavy atom. The first kappa shape index (κ1) is 11.4. The van der Waals surface area contributed by atoms with Gasteiger partial charge in [0, 0.05) is 19.8 Å². The molecule has 0 aromatic carbocycles. The molecule has 88 valence electrons. The second-order valence-electron chi connectivity index (χ2n) is 4.74. The molecule has 3 unspecified atom stereocenters. The molecule has 0 aromatic heterocycles. The third kappa shape index (κ3) is 2.92. The summed E-state index contributed by atoms with van der Waals surface area (Å²) in [5.41, 5.74) is 0. The molecule has 2 fully saturated rings. The van der Waals surface area contributed by atoms with Crippen LogP contribution in [-0.2, 0) is 9.47 Å². The lowest BCUT2D eigenvalue weighted by Gasteiger charge is -2.43. The van der Waals surface area contributed by atoms with E-state index in [-0.39, 0.29) is 6.10 Å². The van der Waals surface area contributed by atoms with Gasteiger partial charge in [-0.15, -0.1) is 0 Å². The second-order valence-corrected chi connectivity index (χ2v) is 4.74. The second kappa shape index (κ2) is 5.28. The molecule has 3 atom stereocenters. The molecule has 0 heterocycles. The fourth-order valence-electron chi connectivity index (χ4n) is 2.31. The van der Waals surface area contributed by atoms with Gasteiger partial charge in [-0.25, -0.2) is 0 Å². The first-order valence-corrected chi connectivity index (χ1v) is 6.23. The molecule has 3 heteroatoms. The molecule has 3 nitrogen and oxygen atoms in total. The van der Waals surface area contributed by atoms with Gasteiger partial charge in [-0.3, -0.25) is 0 Å². The van der Waals surface area contributed by atoms with Crippen LogP contribution >= 0.6 is 0 Å². The third-order valence-electron chi connectivity index (χ3n) is 3.54. The highest BCUT2D eigenvalue weighted by molar-refractivity contribution is 4.96. The zero-order chi connectivity index (χ0) is 10.7. The van der Waals surface area contributed by atoms with Gasteiger partial charge in [-0.2, -0.15) is 0 Å². The number of nitrogens with one attached hydrogen (secondary N) is 1. The van der Waals surface area contributed by atoms with Crippen molar-refractivity contribution in [1.82, 2.24) is 5.32 Å². The molecule has 0 amide bonds. The standard InChI is InChI=1S/C12H23NO2/c1-3-13-10-8-11(12(10)14-2)15-7-6-9-4-5-9/h9-13H,3-8H2,1-2H3. The summed E-state index contributed by atoms with van der Waals surface area (Å²) in [4.78, 5) is 0. The molecule has 2 rings (SSSR count). The number of hydrogen-bond donors (Lipinski definition) is 1. The first-order chi connectivity index (χ1) is 7.35. The Hall–Kier alpha value is -0.120. The summed E-state index contributed by atoms with van der Waals surface area (Å²) in [6.45, 7) is 4.07. The van der Waals surface area contributed by atoms with Crippen LogP contribution in [0.1, 0.15) is 32.6 Å². The predicted molar refractivity (Wildman–Crippen MR) is 60.0 cm³/mol. The summed E-state index contributed by atoms with van der Waals surface area (Å²) in [5.74, 6) is 0.968. The van der Waals surface area contributed by atoms with Gasteiger partial charge in [0.15, 0.2) is 0 Å². The van der Waals surface area contributed by atoms with E-state index >= 15 is 0 Å². The van der Waals surface area contributed by atoms with Crippen LogP contribution in [0.3, 0.4) is 0 Å². The molecular formula is C12H23NO2. The van der Waals surface area contributed by atoms with Crippen molar-refractivity contribution in [3.63, 3.8) is 0 Å². The maximum absolute atomic E-state index is 5.84. The quantitative estimate of drug-likeness (QED) is 0.696. The van der Waals surface area contributed by atoms with E-state index in [1.807, 2.05) is 0 Å². The fourth-order valence-corrected chi connectivity index (χ4v) is 2.31. The minimum absolute atomic E-state index is 0.268. The van der Waals surface area contributed by atoms with Gasteiger partial charge in [-0.05, 0) is 25.3 Å². The molecular weight excluding hydrogens is 190 g/mol. The van der Waals surface area contributed by atoms with Crippen LogP contribution in [0, 0.1) is 5.92 Å². The number of rotatable bonds is 7. The lowest BCUT2D eigenvalue weighted by Crippen LogP contribution is -2.59. The topological polar surface area (TPSA) is 30.5 Å². The Kier molecular flexibility index (Phi) is 4.00. The minimum atomic E-state index is 0.268. The van der Waals surface area contributed by atoms with Gasteiger partial charge in [0.2, 0.25) is 0 Å². The summed E-state index contributed by atoms with van der Waals surface area (Å²) in [6.07, 6.45) is 5.79. The number of hydrogen-bond acceptors (Lipinski definition) is 3. The Balaban J connectivity index is 1.60. The van der Waals surface area contributed by atoms with Crippen molar-refractivity contribution in [3.8, 4) is 0 Å². The highest BCUT2D eigenvalue weighted by Gasteiger charge is 2.41. The predicted octanol–water partition coefficient (Wildman–Crippen LogP) is 1.57. The molecule has 15 heavy (non-hydrogen) atoms. The summed E-state index contributed by atoms with van der Waals surface area (Å²) in [6, 6.07) is 0.505. The number of ether oxygens (including phenoxy) is 2. The lowest BCUT2D eigenvalue weighted by atomic mass is 9.85. The Morgan fingerprint density at radius 2 is 2.13 bits per heavy atom. The third-order valence-corrected chi connectivity index (χ3v) is 3.54. The van der Waals surface area contributed by atoms with E-state index in [0.717, 1.165) is 25.5 Å². The summed E-state index contributed by atoms with van der Waals surface area (Å²) < 4.78 is 11.3.